The molecule has 0 unspecified atom stereocenters. The van der Waals surface area contributed by atoms with Gasteiger partial charge in [-0.1, -0.05) is 6.58 Å². The summed E-state index contributed by atoms with van der Waals surface area (Å²) in [5.74, 6) is 1.69. The van der Waals surface area contributed by atoms with Crippen molar-refractivity contribution in [2.75, 3.05) is 31.1 Å². The molecule has 0 aromatic carbocycles. The highest BCUT2D eigenvalue weighted by Crippen LogP contribution is 2.34. The van der Waals surface area contributed by atoms with E-state index in [1.165, 1.54) is 6.08 Å². The number of amides is 1. The van der Waals surface area contributed by atoms with Crippen LogP contribution in [0.4, 0.5) is 5.82 Å². The zero-order valence-electron chi connectivity index (χ0n) is 11.1. The number of hydrogen-bond acceptors (Lipinski definition) is 4. The minimum atomic E-state index is -0.00111. The highest BCUT2D eigenvalue weighted by molar-refractivity contribution is 9.10. The number of fused-ring (bicyclic) bond motifs is 3. The molecule has 0 radical (unpaired) electrons. The van der Waals surface area contributed by atoms with Crippen LogP contribution in [-0.2, 0) is 4.79 Å². The molecule has 1 atom stereocenters. The van der Waals surface area contributed by atoms with E-state index in [0.29, 0.717) is 19.7 Å². The van der Waals surface area contributed by atoms with Gasteiger partial charge in [0.25, 0.3) is 0 Å². The summed E-state index contributed by atoms with van der Waals surface area (Å²) in [6, 6.07) is 2.20. The fraction of sp³-hybridized carbons (Fsp3) is 0.429. The number of piperazine rings is 1. The minimum Gasteiger partial charge on any atom is -0.490 e. The van der Waals surface area contributed by atoms with Gasteiger partial charge in [0.1, 0.15) is 0 Å². The van der Waals surface area contributed by atoms with Crippen LogP contribution in [0.15, 0.2) is 29.4 Å². The van der Waals surface area contributed by atoms with Crippen molar-refractivity contribution in [2.24, 2.45) is 0 Å². The van der Waals surface area contributed by atoms with E-state index >= 15 is 0 Å². The van der Waals surface area contributed by atoms with Crippen LogP contribution in [-0.4, -0.2) is 48.1 Å². The topological polar surface area (TPSA) is 45.7 Å². The lowest BCUT2D eigenvalue weighted by Gasteiger charge is -2.40. The molecule has 0 N–H and O–H groups in total. The highest BCUT2D eigenvalue weighted by atomic mass is 79.9. The van der Waals surface area contributed by atoms with Gasteiger partial charge in [-0.25, -0.2) is 4.98 Å². The van der Waals surface area contributed by atoms with Gasteiger partial charge in [-0.15, -0.1) is 0 Å². The molecule has 1 aromatic rings. The van der Waals surface area contributed by atoms with Crippen LogP contribution in [0.3, 0.4) is 0 Å². The Morgan fingerprint density at radius 2 is 2.40 bits per heavy atom. The van der Waals surface area contributed by atoms with Gasteiger partial charge in [-0.3, -0.25) is 4.79 Å². The number of pyridine rings is 1. The van der Waals surface area contributed by atoms with Crippen molar-refractivity contribution in [1.82, 2.24) is 9.88 Å². The Labute approximate surface area is 126 Å². The number of hydrogen-bond donors (Lipinski definition) is 0. The van der Waals surface area contributed by atoms with Crippen molar-refractivity contribution in [1.29, 1.82) is 0 Å². The van der Waals surface area contributed by atoms with Crippen LogP contribution in [0.2, 0.25) is 0 Å². The summed E-state index contributed by atoms with van der Waals surface area (Å²) in [4.78, 5) is 20.3. The molecule has 3 rings (SSSR count). The first-order valence-corrected chi connectivity index (χ1v) is 7.44. The number of halogens is 1. The van der Waals surface area contributed by atoms with E-state index in [9.17, 15) is 4.79 Å². The van der Waals surface area contributed by atoms with Crippen LogP contribution in [0.1, 0.15) is 6.42 Å². The standard InChI is InChI=1S/C14H16BrN3O2/c1-2-13(19)17-4-5-18-11(9-17)3-6-20-12-7-10(15)8-16-14(12)18/h2,7-8,11H,1,3-6,9H2/t11-/m1/s1. The first-order chi connectivity index (χ1) is 9.69. The van der Waals surface area contributed by atoms with Gasteiger partial charge >= 0.3 is 0 Å². The maximum atomic E-state index is 11.8. The number of rotatable bonds is 1. The SMILES string of the molecule is C=CC(=O)N1CCN2c3ncc(Br)cc3OCC[C@@H]2C1. The summed E-state index contributed by atoms with van der Waals surface area (Å²) in [5.41, 5.74) is 0. The zero-order valence-corrected chi connectivity index (χ0v) is 12.7. The summed E-state index contributed by atoms with van der Waals surface area (Å²) >= 11 is 3.42. The molecule has 0 saturated carbocycles. The molecule has 1 fully saturated rings. The molecule has 20 heavy (non-hydrogen) atoms. The highest BCUT2D eigenvalue weighted by Gasteiger charge is 2.33. The number of carbonyl (C=O) groups excluding carboxylic acids is 1. The summed E-state index contributed by atoms with van der Waals surface area (Å²) in [6.07, 6.45) is 4.05. The van der Waals surface area contributed by atoms with Crippen LogP contribution in [0, 0.1) is 0 Å². The first kappa shape index (κ1) is 13.4. The summed E-state index contributed by atoms with van der Waals surface area (Å²) in [6.45, 7) is 6.36. The predicted octanol–water partition coefficient (Wildman–Crippen LogP) is 1.83. The number of aromatic nitrogens is 1. The summed E-state index contributed by atoms with van der Waals surface area (Å²) in [7, 11) is 0. The van der Waals surface area contributed by atoms with Crippen molar-refractivity contribution < 1.29 is 9.53 Å². The van der Waals surface area contributed by atoms with Crippen molar-refractivity contribution in [2.45, 2.75) is 12.5 Å². The molecule has 1 saturated heterocycles. The Bertz CT molecular complexity index is 549. The van der Waals surface area contributed by atoms with Crippen LogP contribution in [0.5, 0.6) is 5.75 Å². The fourth-order valence-corrected chi connectivity index (χ4v) is 3.06. The van der Waals surface area contributed by atoms with E-state index in [2.05, 4.69) is 32.4 Å². The van der Waals surface area contributed by atoms with Crippen LogP contribution in [0.25, 0.3) is 0 Å². The molecule has 5 nitrogen and oxygen atoms in total. The van der Waals surface area contributed by atoms with E-state index in [1.54, 1.807) is 6.20 Å². The third-order valence-electron chi connectivity index (χ3n) is 3.75. The molecule has 6 heteroatoms. The normalized spacial score (nSPS) is 21.4. The van der Waals surface area contributed by atoms with Gasteiger partial charge in [-0.2, -0.15) is 0 Å². The number of anilines is 1. The Balaban J connectivity index is 1.87. The van der Waals surface area contributed by atoms with Crippen molar-refractivity contribution in [3.05, 3.63) is 29.4 Å². The van der Waals surface area contributed by atoms with E-state index in [0.717, 1.165) is 29.0 Å². The lowest BCUT2D eigenvalue weighted by Crippen LogP contribution is -2.54. The molecule has 1 aromatic heterocycles. The van der Waals surface area contributed by atoms with Gasteiger partial charge in [-0.05, 0) is 28.1 Å². The summed E-state index contributed by atoms with van der Waals surface area (Å²) in [5, 5.41) is 0. The van der Waals surface area contributed by atoms with Crippen LogP contribution >= 0.6 is 15.9 Å². The van der Waals surface area contributed by atoms with Gasteiger partial charge in [0.2, 0.25) is 5.91 Å². The average Bonchev–Trinajstić information content (AvgIpc) is 2.64. The van der Waals surface area contributed by atoms with Gasteiger partial charge in [0.15, 0.2) is 11.6 Å². The quantitative estimate of drug-likeness (QED) is 0.733. The second-order valence-electron chi connectivity index (χ2n) is 4.95. The van der Waals surface area contributed by atoms with E-state index in [-0.39, 0.29) is 11.9 Å². The van der Waals surface area contributed by atoms with Crippen molar-refractivity contribution in [3.63, 3.8) is 0 Å². The molecule has 0 aliphatic carbocycles. The Morgan fingerprint density at radius 1 is 1.55 bits per heavy atom. The molecule has 2 aliphatic rings. The number of nitrogens with zero attached hydrogens (tertiary/aromatic N) is 3. The third kappa shape index (κ3) is 2.40. The van der Waals surface area contributed by atoms with Crippen molar-refractivity contribution in [3.8, 4) is 5.75 Å². The number of carbonyl (C=O) groups is 1. The Morgan fingerprint density at radius 3 is 3.20 bits per heavy atom. The third-order valence-corrected chi connectivity index (χ3v) is 4.18. The van der Waals surface area contributed by atoms with Crippen molar-refractivity contribution >= 4 is 27.7 Å². The Hall–Kier alpha value is -1.56. The monoisotopic (exact) mass is 337 g/mol. The second-order valence-corrected chi connectivity index (χ2v) is 5.86. The zero-order chi connectivity index (χ0) is 14.1. The molecule has 0 bridgehead atoms. The summed E-state index contributed by atoms with van der Waals surface area (Å²) < 4.78 is 6.70. The van der Waals surface area contributed by atoms with Gasteiger partial charge in [0, 0.05) is 36.7 Å². The predicted molar refractivity (Wildman–Crippen MR) is 80.0 cm³/mol. The first-order valence-electron chi connectivity index (χ1n) is 6.65. The van der Waals surface area contributed by atoms with E-state index in [1.807, 2.05) is 11.0 Å². The van der Waals surface area contributed by atoms with Crippen LogP contribution < -0.4 is 9.64 Å². The fourth-order valence-electron chi connectivity index (χ4n) is 2.75. The molecular weight excluding hydrogens is 322 g/mol. The molecule has 3 heterocycles. The van der Waals surface area contributed by atoms with E-state index < -0.39 is 0 Å². The molecular formula is C14H16BrN3O2. The lowest BCUT2D eigenvalue weighted by atomic mass is 10.1. The Kier molecular flexibility index (Phi) is 3.65. The smallest absolute Gasteiger partial charge is 0.246 e. The molecule has 1 amide bonds. The van der Waals surface area contributed by atoms with Gasteiger partial charge < -0.3 is 14.5 Å². The van der Waals surface area contributed by atoms with E-state index in [4.69, 9.17) is 4.74 Å². The molecule has 106 valence electrons. The van der Waals surface area contributed by atoms with Gasteiger partial charge in [0.05, 0.1) is 12.6 Å². The maximum absolute atomic E-state index is 11.8. The molecule has 2 aliphatic heterocycles. The lowest BCUT2D eigenvalue weighted by molar-refractivity contribution is -0.126. The second kappa shape index (κ2) is 5.44. The largest absolute Gasteiger partial charge is 0.490 e. The minimum absolute atomic E-state index is 0.00111. The average molecular weight is 338 g/mol. The molecule has 0 spiro atoms. The number of ether oxygens (including phenoxy) is 1. The maximum Gasteiger partial charge on any atom is 0.246 e.